The fourth-order valence-electron chi connectivity index (χ4n) is 3.53. The summed E-state index contributed by atoms with van der Waals surface area (Å²) in [5.41, 5.74) is -0.601. The van der Waals surface area contributed by atoms with E-state index < -0.39 is 11.4 Å². The summed E-state index contributed by atoms with van der Waals surface area (Å²) in [5.74, 6) is -0.384. The lowest BCUT2D eigenvalue weighted by Gasteiger charge is -2.40. The minimum atomic E-state index is -0.689. The van der Waals surface area contributed by atoms with Crippen LogP contribution in [0.5, 0.6) is 0 Å². The summed E-state index contributed by atoms with van der Waals surface area (Å²) in [6, 6.07) is 0. The third-order valence-corrected chi connectivity index (χ3v) is 4.86. The second kappa shape index (κ2) is 6.57. The van der Waals surface area contributed by atoms with Gasteiger partial charge in [-0.1, -0.05) is 13.3 Å². The molecule has 1 atom stereocenters. The molecule has 0 bridgehead atoms. The maximum Gasteiger partial charge on any atom is 0.309 e. The Morgan fingerprint density at radius 3 is 2.55 bits per heavy atom. The highest BCUT2D eigenvalue weighted by Gasteiger charge is 2.42. The topological polar surface area (TPSA) is 69.6 Å². The van der Waals surface area contributed by atoms with Crippen LogP contribution in [-0.2, 0) is 9.59 Å². The molecule has 5 heteroatoms. The first-order chi connectivity index (χ1) is 9.59. The Balaban J connectivity index is 1.92. The molecule has 0 aromatic carbocycles. The molecule has 20 heavy (non-hydrogen) atoms. The zero-order valence-corrected chi connectivity index (χ0v) is 12.4. The number of likely N-dealkylation sites (tertiary alicyclic amines) is 1. The highest BCUT2D eigenvalue weighted by atomic mass is 16.4. The molecule has 2 saturated heterocycles. The summed E-state index contributed by atoms with van der Waals surface area (Å²) in [6.07, 6.45) is 4.81. The van der Waals surface area contributed by atoms with Crippen molar-refractivity contribution in [2.75, 3.05) is 26.2 Å². The van der Waals surface area contributed by atoms with Crippen LogP contribution in [0.15, 0.2) is 0 Å². The number of carboxylic acid groups (broad SMARTS) is 1. The van der Waals surface area contributed by atoms with Gasteiger partial charge in [0.05, 0.1) is 11.3 Å². The fraction of sp³-hybridized carbons (Fsp3) is 0.867. The molecule has 114 valence electrons. The third-order valence-electron chi connectivity index (χ3n) is 4.86. The number of carbonyl (C=O) groups is 2. The first-order valence-electron chi connectivity index (χ1n) is 7.82. The number of hydrogen-bond donors (Lipinski definition) is 2. The molecule has 2 aliphatic rings. The maximum atomic E-state index is 12.4. The van der Waals surface area contributed by atoms with Gasteiger partial charge in [-0.15, -0.1) is 0 Å². The Morgan fingerprint density at radius 2 is 2.05 bits per heavy atom. The molecule has 0 radical (unpaired) electrons. The number of amides is 1. The van der Waals surface area contributed by atoms with E-state index in [1.807, 2.05) is 11.8 Å². The fourth-order valence-corrected chi connectivity index (χ4v) is 3.53. The van der Waals surface area contributed by atoms with Gasteiger partial charge in [0.25, 0.3) is 0 Å². The van der Waals surface area contributed by atoms with E-state index in [1.165, 1.54) is 0 Å². The number of piperidine rings is 2. The standard InChI is InChI=1S/C15H26N2O3/c1-2-5-15(14(19)20)6-9-17(10-7-15)13(18)12-4-3-8-16-11-12/h12,16H,2-11H2,1H3,(H,19,20)/t12-/m1/s1. The predicted octanol–water partition coefficient (Wildman–Crippen LogP) is 1.48. The minimum Gasteiger partial charge on any atom is -0.481 e. The molecule has 2 rings (SSSR count). The van der Waals surface area contributed by atoms with Crippen LogP contribution in [0.2, 0.25) is 0 Å². The van der Waals surface area contributed by atoms with Crippen molar-refractivity contribution in [3.63, 3.8) is 0 Å². The molecule has 0 aromatic rings. The van der Waals surface area contributed by atoms with Gasteiger partial charge in [0, 0.05) is 19.6 Å². The van der Waals surface area contributed by atoms with Crippen LogP contribution >= 0.6 is 0 Å². The second-order valence-corrected chi connectivity index (χ2v) is 6.20. The number of nitrogens with one attached hydrogen (secondary N) is 1. The number of rotatable bonds is 4. The van der Waals surface area contributed by atoms with E-state index in [-0.39, 0.29) is 11.8 Å². The monoisotopic (exact) mass is 282 g/mol. The van der Waals surface area contributed by atoms with E-state index in [1.54, 1.807) is 0 Å². The summed E-state index contributed by atoms with van der Waals surface area (Å²) in [7, 11) is 0. The van der Waals surface area contributed by atoms with Crippen LogP contribution in [0.1, 0.15) is 45.4 Å². The lowest BCUT2D eigenvalue weighted by atomic mass is 9.75. The van der Waals surface area contributed by atoms with Gasteiger partial charge < -0.3 is 15.3 Å². The molecule has 1 amide bonds. The van der Waals surface area contributed by atoms with Gasteiger partial charge in [-0.05, 0) is 38.6 Å². The van der Waals surface area contributed by atoms with Crippen molar-refractivity contribution in [3.8, 4) is 0 Å². The molecule has 0 aromatic heterocycles. The van der Waals surface area contributed by atoms with E-state index in [0.717, 1.165) is 38.8 Å². The van der Waals surface area contributed by atoms with Gasteiger partial charge in [-0.2, -0.15) is 0 Å². The Hall–Kier alpha value is -1.10. The molecule has 2 heterocycles. The number of hydrogen-bond acceptors (Lipinski definition) is 3. The Labute approximate surface area is 120 Å². The number of aliphatic carboxylic acids is 1. The number of nitrogens with zero attached hydrogens (tertiary/aromatic N) is 1. The quantitative estimate of drug-likeness (QED) is 0.819. The van der Waals surface area contributed by atoms with E-state index in [9.17, 15) is 14.7 Å². The molecule has 2 aliphatic heterocycles. The van der Waals surface area contributed by atoms with Gasteiger partial charge in [-0.3, -0.25) is 9.59 Å². The molecular formula is C15H26N2O3. The maximum absolute atomic E-state index is 12.4. The van der Waals surface area contributed by atoms with Gasteiger partial charge in [0.1, 0.15) is 0 Å². The first-order valence-corrected chi connectivity index (χ1v) is 7.82. The average molecular weight is 282 g/mol. The number of carboxylic acids is 1. The van der Waals surface area contributed by atoms with Crippen LogP contribution in [0.4, 0.5) is 0 Å². The van der Waals surface area contributed by atoms with Crippen molar-refractivity contribution in [2.45, 2.75) is 45.4 Å². The molecule has 2 N–H and O–H groups in total. The highest BCUT2D eigenvalue weighted by Crippen LogP contribution is 2.37. The largest absolute Gasteiger partial charge is 0.481 e. The van der Waals surface area contributed by atoms with E-state index >= 15 is 0 Å². The second-order valence-electron chi connectivity index (χ2n) is 6.20. The van der Waals surface area contributed by atoms with E-state index in [4.69, 9.17) is 0 Å². The van der Waals surface area contributed by atoms with Gasteiger partial charge in [0.2, 0.25) is 5.91 Å². The summed E-state index contributed by atoms with van der Waals surface area (Å²) >= 11 is 0. The van der Waals surface area contributed by atoms with Gasteiger partial charge in [0.15, 0.2) is 0 Å². The van der Waals surface area contributed by atoms with Crippen LogP contribution < -0.4 is 5.32 Å². The van der Waals surface area contributed by atoms with Crippen molar-refractivity contribution >= 4 is 11.9 Å². The van der Waals surface area contributed by atoms with Crippen molar-refractivity contribution < 1.29 is 14.7 Å². The van der Waals surface area contributed by atoms with Crippen molar-refractivity contribution in [1.29, 1.82) is 0 Å². The first kappa shape index (κ1) is 15.3. The molecule has 2 fully saturated rings. The summed E-state index contributed by atoms with van der Waals surface area (Å²) in [6.45, 7) is 5.00. The van der Waals surface area contributed by atoms with E-state index in [0.29, 0.717) is 25.9 Å². The van der Waals surface area contributed by atoms with E-state index in [2.05, 4.69) is 5.32 Å². The zero-order valence-electron chi connectivity index (χ0n) is 12.4. The lowest BCUT2D eigenvalue weighted by molar-refractivity contribution is -0.155. The van der Waals surface area contributed by atoms with Crippen molar-refractivity contribution in [3.05, 3.63) is 0 Å². The lowest BCUT2D eigenvalue weighted by Crippen LogP contribution is -2.50. The van der Waals surface area contributed by atoms with Crippen molar-refractivity contribution in [2.24, 2.45) is 11.3 Å². The molecule has 5 nitrogen and oxygen atoms in total. The molecule has 0 spiro atoms. The van der Waals surface area contributed by atoms with Crippen LogP contribution in [0, 0.1) is 11.3 Å². The molecule has 0 unspecified atom stereocenters. The van der Waals surface area contributed by atoms with Crippen LogP contribution in [-0.4, -0.2) is 48.1 Å². The zero-order chi connectivity index (χ0) is 14.6. The number of carbonyl (C=O) groups excluding carboxylic acids is 1. The average Bonchev–Trinajstić information content (AvgIpc) is 2.48. The van der Waals surface area contributed by atoms with Gasteiger partial charge in [-0.25, -0.2) is 0 Å². The SMILES string of the molecule is CCCC1(C(=O)O)CCN(C(=O)[C@@H]2CCCNC2)CC1. The summed E-state index contributed by atoms with van der Waals surface area (Å²) < 4.78 is 0. The highest BCUT2D eigenvalue weighted by molar-refractivity contribution is 5.80. The smallest absolute Gasteiger partial charge is 0.309 e. The Bertz CT molecular complexity index is 356. The molecular weight excluding hydrogens is 256 g/mol. The third kappa shape index (κ3) is 3.14. The normalized spacial score (nSPS) is 26.2. The summed E-state index contributed by atoms with van der Waals surface area (Å²) in [5, 5.41) is 12.7. The Morgan fingerprint density at radius 1 is 1.35 bits per heavy atom. The predicted molar refractivity (Wildman–Crippen MR) is 76.4 cm³/mol. The molecule has 0 aliphatic carbocycles. The van der Waals surface area contributed by atoms with Crippen LogP contribution in [0.25, 0.3) is 0 Å². The summed E-state index contributed by atoms with van der Waals surface area (Å²) in [4.78, 5) is 25.8. The van der Waals surface area contributed by atoms with Crippen LogP contribution in [0.3, 0.4) is 0 Å². The van der Waals surface area contributed by atoms with Crippen molar-refractivity contribution in [1.82, 2.24) is 10.2 Å². The minimum absolute atomic E-state index is 0.0900. The Kier molecular flexibility index (Phi) is 5.02. The molecule has 0 saturated carbocycles. The van der Waals surface area contributed by atoms with Gasteiger partial charge >= 0.3 is 5.97 Å².